The smallest absolute Gasteiger partial charge is 0.324 e. The molecule has 2 aliphatic rings. The van der Waals surface area contributed by atoms with E-state index in [1.54, 1.807) is 24.3 Å². The molecule has 3 rings (SSSR count). The number of hydrogen-bond donors (Lipinski definition) is 2. The molecule has 0 aliphatic carbocycles. The lowest BCUT2D eigenvalue weighted by Crippen LogP contribution is -2.38. The summed E-state index contributed by atoms with van der Waals surface area (Å²) in [5, 5.41) is 5.57. The molecule has 1 aromatic rings. The van der Waals surface area contributed by atoms with Crippen LogP contribution in [0.15, 0.2) is 24.3 Å². The zero-order valence-electron chi connectivity index (χ0n) is 12.9. The van der Waals surface area contributed by atoms with Crippen LogP contribution in [-0.2, 0) is 4.79 Å². The van der Waals surface area contributed by atoms with Crippen LogP contribution in [0.1, 0.15) is 23.2 Å². The van der Waals surface area contributed by atoms with Crippen molar-refractivity contribution in [2.75, 3.05) is 38.0 Å². The Kier molecular flexibility index (Phi) is 4.45. The van der Waals surface area contributed by atoms with Gasteiger partial charge in [-0.05, 0) is 37.1 Å². The lowest BCUT2D eigenvalue weighted by Gasteiger charge is -2.16. The molecule has 4 amide bonds. The molecule has 0 aromatic heterocycles. The fourth-order valence-electron chi connectivity index (χ4n) is 2.82. The van der Waals surface area contributed by atoms with E-state index in [0.29, 0.717) is 18.7 Å². The second-order valence-electron chi connectivity index (χ2n) is 5.71. The van der Waals surface area contributed by atoms with E-state index in [-0.39, 0.29) is 24.4 Å². The zero-order valence-corrected chi connectivity index (χ0v) is 12.9. The highest BCUT2D eigenvalue weighted by atomic mass is 16.2. The molecule has 0 saturated carbocycles. The summed E-state index contributed by atoms with van der Waals surface area (Å²) in [5.74, 6) is -0.212. The van der Waals surface area contributed by atoms with Crippen molar-refractivity contribution in [2.45, 2.75) is 12.8 Å². The van der Waals surface area contributed by atoms with Crippen molar-refractivity contribution >= 4 is 23.5 Å². The largest absolute Gasteiger partial charge is 0.376 e. The van der Waals surface area contributed by atoms with Gasteiger partial charge in [-0.25, -0.2) is 4.79 Å². The SMILES string of the molecule is O=C(c1ccc(NCC(=O)N2CCNC2=O)cc1)N1CCCC1. The highest BCUT2D eigenvalue weighted by molar-refractivity contribution is 5.98. The fraction of sp³-hybridized carbons (Fsp3) is 0.438. The number of likely N-dealkylation sites (tertiary alicyclic amines) is 1. The Hall–Kier alpha value is -2.57. The average molecular weight is 316 g/mol. The number of benzene rings is 1. The minimum atomic E-state index is -0.344. The summed E-state index contributed by atoms with van der Waals surface area (Å²) in [4.78, 5) is 38.6. The maximum atomic E-state index is 12.2. The van der Waals surface area contributed by atoms with Gasteiger partial charge in [-0.3, -0.25) is 14.5 Å². The molecule has 0 radical (unpaired) electrons. The Balaban J connectivity index is 1.54. The van der Waals surface area contributed by atoms with Gasteiger partial charge in [0.25, 0.3) is 5.91 Å². The first-order valence-electron chi connectivity index (χ1n) is 7.86. The van der Waals surface area contributed by atoms with E-state index in [2.05, 4.69) is 10.6 Å². The molecule has 2 fully saturated rings. The first-order valence-corrected chi connectivity index (χ1v) is 7.86. The molecule has 0 spiro atoms. The molecular formula is C16H20N4O3. The van der Waals surface area contributed by atoms with Gasteiger partial charge < -0.3 is 15.5 Å². The third-order valence-corrected chi connectivity index (χ3v) is 4.13. The number of carbonyl (C=O) groups is 3. The number of rotatable bonds is 4. The summed E-state index contributed by atoms with van der Waals surface area (Å²) in [5.41, 5.74) is 1.40. The molecule has 122 valence electrons. The van der Waals surface area contributed by atoms with Crippen molar-refractivity contribution in [1.29, 1.82) is 0 Å². The summed E-state index contributed by atoms with van der Waals surface area (Å²) in [7, 11) is 0. The molecule has 7 heteroatoms. The first-order chi connectivity index (χ1) is 11.1. The number of nitrogens with zero attached hydrogens (tertiary/aromatic N) is 2. The molecule has 2 aliphatic heterocycles. The minimum Gasteiger partial charge on any atom is -0.376 e. The number of nitrogens with one attached hydrogen (secondary N) is 2. The van der Waals surface area contributed by atoms with Crippen molar-refractivity contribution in [2.24, 2.45) is 0 Å². The second-order valence-corrected chi connectivity index (χ2v) is 5.71. The third-order valence-electron chi connectivity index (χ3n) is 4.13. The van der Waals surface area contributed by atoms with Crippen LogP contribution in [0, 0.1) is 0 Å². The first kappa shape index (κ1) is 15.3. The number of anilines is 1. The molecule has 1 aromatic carbocycles. The van der Waals surface area contributed by atoms with Crippen LogP contribution in [0.3, 0.4) is 0 Å². The van der Waals surface area contributed by atoms with Crippen LogP contribution < -0.4 is 10.6 Å². The highest BCUT2D eigenvalue weighted by Gasteiger charge is 2.25. The van der Waals surface area contributed by atoms with Crippen LogP contribution in [0.5, 0.6) is 0 Å². The van der Waals surface area contributed by atoms with Gasteiger partial charge in [-0.2, -0.15) is 0 Å². The Morgan fingerprint density at radius 1 is 1.09 bits per heavy atom. The zero-order chi connectivity index (χ0) is 16.2. The predicted octanol–water partition coefficient (Wildman–Crippen LogP) is 0.886. The number of hydrogen-bond acceptors (Lipinski definition) is 4. The Labute approximate surface area is 134 Å². The minimum absolute atomic E-state index is 0.0485. The molecule has 2 saturated heterocycles. The van der Waals surface area contributed by atoms with Crippen LogP contribution in [0.2, 0.25) is 0 Å². The van der Waals surface area contributed by atoms with Crippen LogP contribution >= 0.6 is 0 Å². The van der Waals surface area contributed by atoms with E-state index in [4.69, 9.17) is 0 Å². The fourth-order valence-corrected chi connectivity index (χ4v) is 2.82. The summed E-state index contributed by atoms with van der Waals surface area (Å²) >= 11 is 0. The van der Waals surface area contributed by atoms with Gasteiger partial charge in [-0.1, -0.05) is 0 Å². The van der Waals surface area contributed by atoms with Crippen LogP contribution in [0.25, 0.3) is 0 Å². The molecule has 0 atom stereocenters. The standard InChI is InChI=1S/C16H20N4O3/c21-14(20-10-7-17-16(20)23)11-18-13-5-3-12(4-6-13)15(22)19-8-1-2-9-19/h3-6,18H,1-2,7-11H2,(H,17,23). The van der Waals surface area contributed by atoms with E-state index in [1.807, 2.05) is 4.90 Å². The lowest BCUT2D eigenvalue weighted by molar-refractivity contribution is -0.125. The van der Waals surface area contributed by atoms with Crippen LogP contribution in [-0.4, -0.2) is 60.4 Å². The number of imide groups is 1. The number of urea groups is 1. The van der Waals surface area contributed by atoms with Crippen LogP contribution in [0.4, 0.5) is 10.5 Å². The number of carbonyl (C=O) groups excluding carboxylic acids is 3. The van der Waals surface area contributed by atoms with E-state index in [0.717, 1.165) is 31.6 Å². The maximum Gasteiger partial charge on any atom is 0.324 e. The van der Waals surface area contributed by atoms with Gasteiger partial charge in [0.05, 0.1) is 6.54 Å². The summed E-state index contributed by atoms with van der Waals surface area (Å²) in [6, 6.07) is 6.73. The summed E-state index contributed by atoms with van der Waals surface area (Å²) < 4.78 is 0. The third kappa shape index (κ3) is 3.44. The second kappa shape index (κ2) is 6.68. The summed E-state index contributed by atoms with van der Waals surface area (Å²) in [6.45, 7) is 2.60. The van der Waals surface area contributed by atoms with Crippen molar-refractivity contribution in [3.05, 3.63) is 29.8 Å². The Morgan fingerprint density at radius 2 is 1.78 bits per heavy atom. The molecule has 2 N–H and O–H groups in total. The predicted molar refractivity (Wildman–Crippen MR) is 85.2 cm³/mol. The van der Waals surface area contributed by atoms with Gasteiger partial charge >= 0.3 is 6.03 Å². The van der Waals surface area contributed by atoms with Crippen molar-refractivity contribution in [3.8, 4) is 0 Å². The Morgan fingerprint density at radius 3 is 2.39 bits per heavy atom. The van der Waals surface area contributed by atoms with E-state index in [9.17, 15) is 14.4 Å². The number of amides is 4. The molecule has 7 nitrogen and oxygen atoms in total. The maximum absolute atomic E-state index is 12.2. The monoisotopic (exact) mass is 316 g/mol. The molecule has 0 bridgehead atoms. The molecule has 2 heterocycles. The normalized spacial score (nSPS) is 17.3. The van der Waals surface area contributed by atoms with Gasteiger partial charge in [-0.15, -0.1) is 0 Å². The van der Waals surface area contributed by atoms with Gasteiger partial charge in [0, 0.05) is 37.4 Å². The molecular weight excluding hydrogens is 296 g/mol. The van der Waals surface area contributed by atoms with Gasteiger partial charge in [0.15, 0.2) is 0 Å². The quantitative estimate of drug-likeness (QED) is 0.864. The summed E-state index contributed by atoms with van der Waals surface area (Å²) in [6.07, 6.45) is 2.13. The van der Waals surface area contributed by atoms with Gasteiger partial charge in [0.2, 0.25) is 5.91 Å². The average Bonchev–Trinajstić information content (AvgIpc) is 3.24. The van der Waals surface area contributed by atoms with E-state index in [1.165, 1.54) is 4.90 Å². The van der Waals surface area contributed by atoms with Gasteiger partial charge in [0.1, 0.15) is 0 Å². The van der Waals surface area contributed by atoms with E-state index < -0.39 is 0 Å². The van der Waals surface area contributed by atoms with E-state index >= 15 is 0 Å². The molecule has 23 heavy (non-hydrogen) atoms. The topological polar surface area (TPSA) is 81.8 Å². The molecule has 0 unspecified atom stereocenters. The lowest BCUT2D eigenvalue weighted by atomic mass is 10.2. The van der Waals surface area contributed by atoms with Crippen molar-refractivity contribution in [1.82, 2.24) is 15.1 Å². The van der Waals surface area contributed by atoms with Crippen molar-refractivity contribution < 1.29 is 14.4 Å². The highest BCUT2D eigenvalue weighted by Crippen LogP contribution is 2.15. The Bertz CT molecular complexity index is 608. The van der Waals surface area contributed by atoms with Crippen molar-refractivity contribution in [3.63, 3.8) is 0 Å².